The summed E-state index contributed by atoms with van der Waals surface area (Å²) in [4.78, 5) is 7.14. The zero-order chi connectivity index (χ0) is 50.8. The average Bonchev–Trinajstić information content (AvgIpc) is 4.08. The number of furan rings is 1. The third-order valence-electron chi connectivity index (χ3n) is 15.3. The number of rotatable bonds is 10. The fourth-order valence-electron chi connectivity index (χ4n) is 11.8. The summed E-state index contributed by atoms with van der Waals surface area (Å²) in [6.07, 6.45) is 0. The molecule has 13 aromatic carbocycles. The maximum absolute atomic E-state index is 6.83. The largest absolute Gasteiger partial charge is 0.456 e. The van der Waals surface area contributed by atoms with Crippen LogP contribution in [0.3, 0.4) is 0 Å². The molecule has 0 radical (unpaired) electrons. The molecule has 0 aliphatic carbocycles. The highest BCUT2D eigenvalue weighted by molar-refractivity contribution is 6.14. The Balaban J connectivity index is 0.913. The average molecular weight is 985 g/mol. The zero-order valence-corrected chi connectivity index (χ0v) is 41.9. The van der Waals surface area contributed by atoms with Gasteiger partial charge >= 0.3 is 0 Å². The summed E-state index contributed by atoms with van der Waals surface area (Å²) < 4.78 is 9.25. The van der Waals surface area contributed by atoms with Crippen LogP contribution >= 0.6 is 0 Å². The normalized spacial score (nSPS) is 11.6. The van der Waals surface area contributed by atoms with Gasteiger partial charge in [-0.25, -0.2) is 0 Å². The summed E-state index contributed by atoms with van der Waals surface area (Å²) in [5, 5.41) is 11.5. The Morgan fingerprint density at radius 3 is 1.21 bits per heavy atom. The van der Waals surface area contributed by atoms with Crippen LogP contribution in [0.15, 0.2) is 296 Å². The van der Waals surface area contributed by atoms with Crippen LogP contribution in [0.1, 0.15) is 0 Å². The van der Waals surface area contributed by atoms with Gasteiger partial charge in [-0.1, -0.05) is 170 Å². The van der Waals surface area contributed by atoms with E-state index in [0.29, 0.717) is 0 Å². The smallest absolute Gasteiger partial charge is 0.137 e. The van der Waals surface area contributed by atoms with Crippen molar-refractivity contribution in [1.82, 2.24) is 4.57 Å². The van der Waals surface area contributed by atoms with Crippen molar-refractivity contribution < 1.29 is 4.42 Å². The minimum Gasteiger partial charge on any atom is -0.456 e. The maximum atomic E-state index is 6.83. The Kier molecular flexibility index (Phi) is 10.5. The third kappa shape index (κ3) is 7.47. The van der Waals surface area contributed by atoms with Crippen molar-refractivity contribution in [3.05, 3.63) is 291 Å². The van der Waals surface area contributed by atoms with Gasteiger partial charge in [-0.3, -0.25) is 0 Å². The molecular formula is C72H48N4O. The van der Waals surface area contributed by atoms with Crippen molar-refractivity contribution >= 4 is 127 Å². The Morgan fingerprint density at radius 2 is 0.649 bits per heavy atom. The van der Waals surface area contributed by atoms with Gasteiger partial charge in [0.15, 0.2) is 0 Å². The first kappa shape index (κ1) is 44.2. The van der Waals surface area contributed by atoms with Crippen molar-refractivity contribution in [2.75, 3.05) is 14.7 Å². The summed E-state index contributed by atoms with van der Waals surface area (Å²) in [7, 11) is 0. The lowest BCUT2D eigenvalue weighted by Gasteiger charge is -2.27. The lowest BCUT2D eigenvalue weighted by Crippen LogP contribution is -2.10. The molecule has 362 valence electrons. The molecular weight excluding hydrogens is 937 g/mol. The van der Waals surface area contributed by atoms with Gasteiger partial charge in [-0.15, -0.1) is 0 Å². The molecule has 15 aromatic rings. The summed E-state index contributed by atoms with van der Waals surface area (Å²) in [6, 6.07) is 105. The Hall–Kier alpha value is -10.4. The minimum absolute atomic E-state index is 0.826. The summed E-state index contributed by atoms with van der Waals surface area (Å²) in [5.74, 6) is 0. The Labute approximate surface area is 445 Å². The monoisotopic (exact) mass is 984 g/mol. The van der Waals surface area contributed by atoms with Crippen molar-refractivity contribution in [3.63, 3.8) is 0 Å². The lowest BCUT2D eigenvalue weighted by atomic mass is 10.0. The highest BCUT2D eigenvalue weighted by Crippen LogP contribution is 2.47. The fraction of sp³-hybridized carbons (Fsp3) is 0. The van der Waals surface area contributed by atoms with Crippen LogP contribution in [0.4, 0.5) is 51.2 Å². The molecule has 0 aliphatic heterocycles. The number of hydrogen-bond acceptors (Lipinski definition) is 4. The molecule has 5 heteroatoms. The standard InChI is InChI=1S/C72H48N4O/c1-4-25-52(26-5-1)73(66-34-16-22-49-19-10-13-31-59(49)66)55-39-43-69-64(45-55)62-41-37-57(47-70(62)76(69)54-29-8-3-9-30-54)75(68-36-18-24-51-21-12-15-33-61(51)68)56-40-44-71-65(46-56)63-42-38-58(48-72(63)77-71)74(53-27-6-2-7-28-53)67-35-17-23-50-20-11-14-32-60(50)67/h1-48H. The van der Waals surface area contributed by atoms with Crippen LogP contribution in [0.5, 0.6) is 0 Å². The van der Waals surface area contributed by atoms with Gasteiger partial charge in [0.1, 0.15) is 11.2 Å². The van der Waals surface area contributed by atoms with Crippen LogP contribution in [0.2, 0.25) is 0 Å². The van der Waals surface area contributed by atoms with Gasteiger partial charge in [0.2, 0.25) is 0 Å². The van der Waals surface area contributed by atoms with E-state index in [-0.39, 0.29) is 0 Å². The number of benzene rings is 13. The molecule has 77 heavy (non-hydrogen) atoms. The van der Waals surface area contributed by atoms with E-state index < -0.39 is 0 Å². The third-order valence-corrected chi connectivity index (χ3v) is 15.3. The van der Waals surface area contributed by atoms with E-state index in [2.05, 4.69) is 310 Å². The minimum atomic E-state index is 0.826. The predicted octanol–water partition coefficient (Wildman–Crippen LogP) is 20.6. The highest BCUT2D eigenvalue weighted by Gasteiger charge is 2.24. The second-order valence-electron chi connectivity index (χ2n) is 19.7. The van der Waals surface area contributed by atoms with E-state index in [1.165, 1.54) is 37.7 Å². The fourth-order valence-corrected chi connectivity index (χ4v) is 11.8. The number of nitrogens with zero attached hydrogens (tertiary/aromatic N) is 4. The predicted molar refractivity (Wildman–Crippen MR) is 325 cm³/mol. The lowest BCUT2D eigenvalue weighted by molar-refractivity contribution is 0.669. The molecule has 0 aliphatic rings. The second kappa shape index (κ2) is 18.2. The van der Waals surface area contributed by atoms with Crippen LogP contribution in [-0.2, 0) is 0 Å². The van der Waals surface area contributed by atoms with Crippen molar-refractivity contribution in [2.24, 2.45) is 0 Å². The molecule has 2 aromatic heterocycles. The van der Waals surface area contributed by atoms with Gasteiger partial charge in [0, 0.05) is 83.6 Å². The van der Waals surface area contributed by atoms with Gasteiger partial charge in [-0.05, 0) is 131 Å². The summed E-state index contributed by atoms with van der Waals surface area (Å²) in [5.41, 5.74) is 14.7. The Morgan fingerprint density at radius 1 is 0.234 bits per heavy atom. The van der Waals surface area contributed by atoms with Gasteiger partial charge < -0.3 is 23.7 Å². The first-order valence-electron chi connectivity index (χ1n) is 26.2. The van der Waals surface area contributed by atoms with Crippen LogP contribution in [0.25, 0.3) is 81.7 Å². The molecule has 0 N–H and O–H groups in total. The van der Waals surface area contributed by atoms with Crippen LogP contribution in [0, 0.1) is 0 Å². The SMILES string of the molecule is c1ccc(N(c2ccc3c(c2)oc2ccc(N(c4ccc5c6cc(N(c7ccccc7)c7cccc8ccccc78)ccc6n(-c6ccccc6)c5c4)c4cccc5ccccc45)cc23)c2cccc3ccccc23)cc1. The molecule has 15 rings (SSSR count). The number of fused-ring (bicyclic) bond motifs is 9. The van der Waals surface area contributed by atoms with Gasteiger partial charge in [0.05, 0.1) is 28.1 Å². The van der Waals surface area contributed by atoms with E-state index in [4.69, 9.17) is 4.42 Å². The van der Waals surface area contributed by atoms with Crippen LogP contribution < -0.4 is 14.7 Å². The second-order valence-corrected chi connectivity index (χ2v) is 19.7. The van der Waals surface area contributed by atoms with E-state index in [1.807, 2.05) is 0 Å². The van der Waals surface area contributed by atoms with Crippen molar-refractivity contribution in [3.8, 4) is 5.69 Å². The zero-order valence-electron chi connectivity index (χ0n) is 41.9. The number of hydrogen-bond donors (Lipinski definition) is 0. The number of anilines is 9. The maximum Gasteiger partial charge on any atom is 0.137 e. The number of para-hydroxylation sites is 3. The first-order chi connectivity index (χ1) is 38.2. The quantitative estimate of drug-likeness (QED) is 0.136. The highest BCUT2D eigenvalue weighted by atomic mass is 16.3. The molecule has 0 saturated carbocycles. The molecule has 0 amide bonds. The summed E-state index contributed by atoms with van der Waals surface area (Å²) in [6.45, 7) is 0. The molecule has 0 saturated heterocycles. The molecule has 5 nitrogen and oxygen atoms in total. The van der Waals surface area contributed by atoms with Gasteiger partial charge in [-0.2, -0.15) is 0 Å². The molecule has 0 unspecified atom stereocenters. The molecule has 0 fully saturated rings. The topological polar surface area (TPSA) is 27.8 Å². The van der Waals surface area contributed by atoms with Crippen molar-refractivity contribution in [2.45, 2.75) is 0 Å². The number of aromatic nitrogens is 1. The molecule has 0 atom stereocenters. The van der Waals surface area contributed by atoms with E-state index in [9.17, 15) is 0 Å². The van der Waals surface area contributed by atoms with Crippen LogP contribution in [-0.4, -0.2) is 4.57 Å². The van der Waals surface area contributed by atoms with E-state index >= 15 is 0 Å². The first-order valence-corrected chi connectivity index (χ1v) is 26.2. The van der Waals surface area contributed by atoms with E-state index in [1.54, 1.807) is 0 Å². The summed E-state index contributed by atoms with van der Waals surface area (Å²) >= 11 is 0. The molecule has 0 bridgehead atoms. The van der Waals surface area contributed by atoms with E-state index in [0.717, 1.165) is 95.2 Å². The van der Waals surface area contributed by atoms with Crippen molar-refractivity contribution in [1.29, 1.82) is 0 Å². The van der Waals surface area contributed by atoms with Gasteiger partial charge in [0.25, 0.3) is 0 Å². The molecule has 0 spiro atoms. The Bertz CT molecular complexity index is 4700. The molecule has 2 heterocycles.